The number of nitrogens with one attached hydrogen (secondary N) is 1. The number of hydrogen-bond donors (Lipinski definition) is 1. The van der Waals surface area contributed by atoms with Crippen LogP contribution in [-0.2, 0) is 22.1 Å². The Bertz CT molecular complexity index is 778. The van der Waals surface area contributed by atoms with Crippen molar-refractivity contribution in [2.75, 3.05) is 25.6 Å². The molecule has 0 radical (unpaired) electrons. The van der Waals surface area contributed by atoms with Crippen molar-refractivity contribution >= 4 is 11.6 Å². The normalized spacial score (nSPS) is 11.3. The molecule has 2 aromatic carbocycles. The van der Waals surface area contributed by atoms with Crippen molar-refractivity contribution in [1.29, 1.82) is 0 Å². The van der Waals surface area contributed by atoms with Crippen molar-refractivity contribution in [2.45, 2.75) is 19.0 Å². The maximum Gasteiger partial charge on any atom is 0.416 e. The Kier molecular flexibility index (Phi) is 7.18. The molecule has 1 amide bonds. The van der Waals surface area contributed by atoms with Crippen LogP contribution < -0.4 is 10.1 Å². The monoisotopic (exact) mass is 385 g/mol. The number of aryl methyl sites for hydroxylation is 1. The van der Waals surface area contributed by atoms with Crippen molar-refractivity contribution < 1.29 is 31.8 Å². The molecule has 0 spiro atoms. The summed E-state index contributed by atoms with van der Waals surface area (Å²) >= 11 is 0. The molecule has 0 aliphatic carbocycles. The van der Waals surface area contributed by atoms with Gasteiger partial charge in [-0.3, -0.25) is 4.79 Å². The molecular formula is C19H19F4NO3. The Morgan fingerprint density at radius 2 is 1.85 bits per heavy atom. The lowest BCUT2D eigenvalue weighted by atomic mass is 10.1. The number of carbonyl (C=O) groups excluding carboxylic acids is 1. The topological polar surface area (TPSA) is 47.6 Å². The predicted octanol–water partition coefficient (Wildman–Crippen LogP) is 4.44. The number of methoxy groups -OCH3 is 1. The smallest absolute Gasteiger partial charge is 0.416 e. The number of anilines is 1. The number of halogens is 4. The first-order chi connectivity index (χ1) is 12.8. The predicted molar refractivity (Wildman–Crippen MR) is 92.2 cm³/mol. The van der Waals surface area contributed by atoms with Crippen molar-refractivity contribution in [3.05, 3.63) is 59.4 Å². The third-order valence-electron chi connectivity index (χ3n) is 3.71. The van der Waals surface area contributed by atoms with E-state index in [1.54, 1.807) is 12.1 Å². The first-order valence-corrected chi connectivity index (χ1v) is 8.17. The standard InChI is InChI=1S/C19H19F4NO3/c1-26-10-11-27-17-8-7-14(19(21,22)23)12-16(17)24-18(25)9-6-13-4-2-3-5-15(13)20/h2-5,7-8,12H,6,9-11H2,1H3,(H,24,25). The number of rotatable bonds is 8. The summed E-state index contributed by atoms with van der Waals surface area (Å²) in [4.78, 5) is 12.1. The van der Waals surface area contributed by atoms with Crippen LogP contribution in [0.3, 0.4) is 0 Å². The van der Waals surface area contributed by atoms with Crippen LogP contribution in [-0.4, -0.2) is 26.2 Å². The van der Waals surface area contributed by atoms with E-state index in [-0.39, 0.29) is 37.5 Å². The average Bonchev–Trinajstić information content (AvgIpc) is 2.61. The van der Waals surface area contributed by atoms with Crippen LogP contribution in [0, 0.1) is 5.82 Å². The van der Waals surface area contributed by atoms with Crippen molar-refractivity contribution in [3.8, 4) is 5.75 Å². The van der Waals surface area contributed by atoms with E-state index in [0.29, 0.717) is 5.56 Å². The van der Waals surface area contributed by atoms with Crippen LogP contribution in [0.25, 0.3) is 0 Å². The summed E-state index contributed by atoms with van der Waals surface area (Å²) in [5, 5.41) is 2.41. The van der Waals surface area contributed by atoms with Gasteiger partial charge in [0, 0.05) is 13.5 Å². The van der Waals surface area contributed by atoms with Crippen LogP contribution in [0.5, 0.6) is 5.75 Å². The zero-order valence-corrected chi connectivity index (χ0v) is 14.6. The third-order valence-corrected chi connectivity index (χ3v) is 3.71. The van der Waals surface area contributed by atoms with Gasteiger partial charge in [0.1, 0.15) is 18.2 Å². The molecule has 1 N–H and O–H groups in total. The highest BCUT2D eigenvalue weighted by Gasteiger charge is 2.31. The molecular weight excluding hydrogens is 366 g/mol. The number of hydrogen-bond acceptors (Lipinski definition) is 3. The number of benzene rings is 2. The highest BCUT2D eigenvalue weighted by atomic mass is 19.4. The molecule has 8 heteroatoms. The minimum atomic E-state index is -4.56. The summed E-state index contributed by atoms with van der Waals surface area (Å²) in [6.07, 6.45) is -4.52. The summed E-state index contributed by atoms with van der Waals surface area (Å²) in [6, 6.07) is 8.83. The summed E-state index contributed by atoms with van der Waals surface area (Å²) in [5.41, 5.74) is -0.654. The van der Waals surface area contributed by atoms with Gasteiger partial charge in [-0.1, -0.05) is 18.2 Å². The minimum Gasteiger partial charge on any atom is -0.489 e. The molecule has 0 saturated carbocycles. The van der Waals surface area contributed by atoms with Gasteiger partial charge in [0.25, 0.3) is 0 Å². The van der Waals surface area contributed by atoms with Crippen molar-refractivity contribution in [1.82, 2.24) is 0 Å². The van der Waals surface area contributed by atoms with Crippen LogP contribution in [0.2, 0.25) is 0 Å². The Morgan fingerprint density at radius 1 is 1.11 bits per heavy atom. The Morgan fingerprint density at radius 3 is 2.52 bits per heavy atom. The largest absolute Gasteiger partial charge is 0.489 e. The molecule has 0 aliphatic rings. The zero-order chi connectivity index (χ0) is 19.9. The van der Waals surface area contributed by atoms with Crippen LogP contribution >= 0.6 is 0 Å². The molecule has 146 valence electrons. The molecule has 0 aliphatic heterocycles. The van der Waals surface area contributed by atoms with Gasteiger partial charge in [-0.05, 0) is 36.2 Å². The van der Waals surface area contributed by atoms with Gasteiger partial charge in [0.05, 0.1) is 17.9 Å². The van der Waals surface area contributed by atoms with Crippen molar-refractivity contribution in [2.24, 2.45) is 0 Å². The molecule has 2 aromatic rings. The molecule has 0 bridgehead atoms. The molecule has 0 heterocycles. The van der Waals surface area contributed by atoms with E-state index in [2.05, 4.69) is 5.32 Å². The van der Waals surface area contributed by atoms with E-state index >= 15 is 0 Å². The fourth-order valence-electron chi connectivity index (χ4n) is 2.33. The van der Waals surface area contributed by atoms with E-state index < -0.39 is 23.5 Å². The van der Waals surface area contributed by atoms with E-state index in [9.17, 15) is 22.4 Å². The van der Waals surface area contributed by atoms with Gasteiger partial charge in [0.2, 0.25) is 5.91 Å². The molecule has 27 heavy (non-hydrogen) atoms. The highest BCUT2D eigenvalue weighted by molar-refractivity contribution is 5.92. The van der Waals surface area contributed by atoms with Crippen LogP contribution in [0.15, 0.2) is 42.5 Å². The SMILES string of the molecule is COCCOc1ccc(C(F)(F)F)cc1NC(=O)CCc1ccccc1F. The maximum absolute atomic E-state index is 13.6. The molecule has 0 aromatic heterocycles. The summed E-state index contributed by atoms with van der Waals surface area (Å²) in [6.45, 7) is 0.349. The lowest BCUT2D eigenvalue weighted by Crippen LogP contribution is -2.16. The molecule has 2 rings (SSSR count). The first-order valence-electron chi connectivity index (χ1n) is 8.17. The fraction of sp³-hybridized carbons (Fsp3) is 0.316. The fourth-order valence-corrected chi connectivity index (χ4v) is 2.33. The molecule has 0 unspecified atom stereocenters. The molecule has 0 atom stereocenters. The van der Waals surface area contributed by atoms with Crippen LogP contribution in [0.4, 0.5) is 23.2 Å². The van der Waals surface area contributed by atoms with E-state index in [4.69, 9.17) is 9.47 Å². The number of alkyl halides is 3. The van der Waals surface area contributed by atoms with Gasteiger partial charge in [-0.25, -0.2) is 4.39 Å². The lowest BCUT2D eigenvalue weighted by molar-refractivity contribution is -0.137. The Labute approximate surface area is 154 Å². The maximum atomic E-state index is 13.6. The average molecular weight is 385 g/mol. The van der Waals surface area contributed by atoms with E-state index in [1.807, 2.05) is 0 Å². The highest BCUT2D eigenvalue weighted by Crippen LogP contribution is 2.35. The number of carbonyl (C=O) groups is 1. The van der Waals surface area contributed by atoms with Gasteiger partial charge >= 0.3 is 6.18 Å². The zero-order valence-electron chi connectivity index (χ0n) is 14.6. The molecule has 0 fully saturated rings. The van der Waals surface area contributed by atoms with Gasteiger partial charge in [-0.15, -0.1) is 0 Å². The van der Waals surface area contributed by atoms with E-state index in [1.165, 1.54) is 19.2 Å². The van der Waals surface area contributed by atoms with Gasteiger partial charge in [0.15, 0.2) is 0 Å². The Hall–Kier alpha value is -2.61. The van der Waals surface area contributed by atoms with E-state index in [0.717, 1.165) is 18.2 Å². The van der Waals surface area contributed by atoms with Gasteiger partial charge in [-0.2, -0.15) is 13.2 Å². The molecule has 0 saturated heterocycles. The lowest BCUT2D eigenvalue weighted by Gasteiger charge is -2.15. The number of amides is 1. The first kappa shape index (κ1) is 20.7. The summed E-state index contributed by atoms with van der Waals surface area (Å²) in [7, 11) is 1.46. The van der Waals surface area contributed by atoms with Crippen LogP contribution in [0.1, 0.15) is 17.5 Å². The second-order valence-corrected chi connectivity index (χ2v) is 5.69. The second kappa shape index (κ2) is 9.36. The molecule has 4 nitrogen and oxygen atoms in total. The Balaban J connectivity index is 2.11. The van der Waals surface area contributed by atoms with Crippen molar-refractivity contribution in [3.63, 3.8) is 0 Å². The minimum absolute atomic E-state index is 0.0886. The summed E-state index contributed by atoms with van der Waals surface area (Å²) in [5.74, 6) is -0.888. The van der Waals surface area contributed by atoms with Gasteiger partial charge < -0.3 is 14.8 Å². The number of ether oxygens (including phenoxy) is 2. The second-order valence-electron chi connectivity index (χ2n) is 5.69. The quantitative estimate of drug-likeness (QED) is 0.540. The summed E-state index contributed by atoms with van der Waals surface area (Å²) < 4.78 is 62.6. The third kappa shape index (κ3) is 6.25.